The lowest BCUT2D eigenvalue weighted by atomic mass is 10.0. The number of nitrogens with zero attached hydrogens (tertiary/aromatic N) is 2. The Morgan fingerprint density at radius 1 is 0.903 bits per heavy atom. The second-order valence-electron chi connectivity index (χ2n) is 7.50. The maximum absolute atomic E-state index is 13.7. The summed E-state index contributed by atoms with van der Waals surface area (Å²) in [5, 5.41) is 3.07. The molecule has 1 unspecified atom stereocenters. The van der Waals surface area contributed by atoms with Gasteiger partial charge in [0.2, 0.25) is 0 Å². The first-order valence-corrected chi connectivity index (χ1v) is 10.3. The number of benzene rings is 3. The van der Waals surface area contributed by atoms with Crippen molar-refractivity contribution >= 4 is 11.7 Å². The molecule has 0 radical (unpaired) electrons. The van der Waals surface area contributed by atoms with E-state index in [0.29, 0.717) is 18.0 Å². The smallest absolute Gasteiger partial charge is 0.323 e. The summed E-state index contributed by atoms with van der Waals surface area (Å²) in [5.41, 5.74) is 4.94. The maximum atomic E-state index is 13.7. The normalized spacial score (nSPS) is 14.9. The highest BCUT2D eigenvalue weighted by Crippen LogP contribution is 2.37. The van der Waals surface area contributed by atoms with Crippen molar-refractivity contribution in [2.24, 2.45) is 0 Å². The molecule has 0 aliphatic carbocycles. The second-order valence-corrected chi connectivity index (χ2v) is 7.50. The average molecular weight is 409 g/mol. The van der Waals surface area contributed by atoms with Crippen molar-refractivity contribution in [1.29, 1.82) is 0 Å². The zero-order chi connectivity index (χ0) is 21.2. The van der Waals surface area contributed by atoms with Gasteiger partial charge < -0.3 is 19.5 Å². The van der Waals surface area contributed by atoms with E-state index in [0.717, 1.165) is 22.5 Å². The summed E-state index contributed by atoms with van der Waals surface area (Å²) in [6.45, 7) is 0.485. The zero-order valence-corrected chi connectivity index (χ0v) is 17.2. The molecule has 2 amide bonds. The molecule has 154 valence electrons. The van der Waals surface area contributed by atoms with Crippen molar-refractivity contribution in [2.45, 2.75) is 12.6 Å². The van der Waals surface area contributed by atoms with Crippen LogP contribution in [0.15, 0.2) is 97.2 Å². The Bertz CT molecular complexity index is 1220. The predicted molar refractivity (Wildman–Crippen MR) is 122 cm³/mol. The van der Waals surface area contributed by atoms with Crippen LogP contribution in [0.2, 0.25) is 0 Å². The van der Waals surface area contributed by atoms with Crippen LogP contribution < -0.4 is 10.1 Å². The molecule has 1 aliphatic heterocycles. The van der Waals surface area contributed by atoms with Gasteiger partial charge in [0.25, 0.3) is 0 Å². The Kier molecular flexibility index (Phi) is 4.92. The van der Waals surface area contributed by atoms with Gasteiger partial charge in [0.1, 0.15) is 5.75 Å². The minimum Gasteiger partial charge on any atom is -0.495 e. The number of methoxy groups -OCH3 is 1. The number of carbonyl (C=O) groups excluding carboxylic acids is 1. The number of hydrogen-bond donors (Lipinski definition) is 1. The SMILES string of the molecule is COc1ccccc1NC(=O)N1Cc2ccccc2-n2cccc2C1c1ccccc1. The number of anilines is 1. The summed E-state index contributed by atoms with van der Waals surface area (Å²) in [5.74, 6) is 0.630. The molecule has 0 saturated carbocycles. The van der Waals surface area contributed by atoms with Crippen LogP contribution in [0.4, 0.5) is 10.5 Å². The molecule has 5 nitrogen and oxygen atoms in total. The number of aromatic nitrogens is 1. The molecule has 4 aromatic rings. The number of hydrogen-bond acceptors (Lipinski definition) is 2. The zero-order valence-electron chi connectivity index (χ0n) is 17.2. The van der Waals surface area contributed by atoms with Crippen molar-refractivity contribution in [3.63, 3.8) is 0 Å². The summed E-state index contributed by atoms with van der Waals surface area (Å²) in [4.78, 5) is 15.6. The molecule has 1 atom stereocenters. The van der Waals surface area contributed by atoms with Gasteiger partial charge in [-0.3, -0.25) is 0 Å². The molecule has 0 fully saturated rings. The summed E-state index contributed by atoms with van der Waals surface area (Å²) in [6, 6.07) is 29.5. The van der Waals surface area contributed by atoms with Gasteiger partial charge in [-0.1, -0.05) is 60.7 Å². The maximum Gasteiger partial charge on any atom is 0.323 e. The van der Waals surface area contributed by atoms with Crippen LogP contribution in [-0.2, 0) is 6.54 Å². The van der Waals surface area contributed by atoms with Crippen molar-refractivity contribution in [2.75, 3.05) is 12.4 Å². The number of carbonyl (C=O) groups is 1. The molecule has 1 N–H and O–H groups in total. The van der Waals surface area contributed by atoms with Gasteiger partial charge in [0.15, 0.2) is 0 Å². The Morgan fingerprint density at radius 3 is 2.48 bits per heavy atom. The lowest BCUT2D eigenvalue weighted by molar-refractivity contribution is 0.194. The van der Waals surface area contributed by atoms with E-state index in [-0.39, 0.29) is 12.1 Å². The first-order chi connectivity index (χ1) is 15.3. The fraction of sp³-hybridized carbons (Fsp3) is 0.115. The number of ether oxygens (including phenoxy) is 1. The second kappa shape index (κ2) is 8.03. The lowest BCUT2D eigenvalue weighted by Crippen LogP contribution is -2.38. The third-order valence-electron chi connectivity index (χ3n) is 5.69. The molecule has 1 aromatic heterocycles. The van der Waals surface area contributed by atoms with E-state index in [9.17, 15) is 4.79 Å². The summed E-state index contributed by atoms with van der Waals surface area (Å²) < 4.78 is 7.62. The van der Waals surface area contributed by atoms with Crippen LogP contribution in [0.25, 0.3) is 5.69 Å². The number of amides is 2. The van der Waals surface area contributed by atoms with Crippen LogP contribution in [0.5, 0.6) is 5.75 Å². The first kappa shape index (κ1) is 19.0. The molecule has 0 spiro atoms. The standard InChI is InChI=1S/C26H23N3O2/c1-31-24-16-8-6-13-21(24)27-26(30)29-18-20-12-5-7-14-22(20)28-17-9-15-23(28)25(29)19-10-3-2-4-11-19/h2-17,25H,18H2,1H3,(H,27,30). The molecule has 2 heterocycles. The molecule has 0 bridgehead atoms. The Hall–Kier alpha value is -3.99. The molecule has 3 aromatic carbocycles. The van der Waals surface area contributed by atoms with E-state index in [4.69, 9.17) is 4.74 Å². The van der Waals surface area contributed by atoms with E-state index in [1.54, 1.807) is 7.11 Å². The molecular weight excluding hydrogens is 386 g/mol. The average Bonchev–Trinajstić information content (AvgIpc) is 3.24. The van der Waals surface area contributed by atoms with Crippen LogP contribution in [0.1, 0.15) is 22.9 Å². The predicted octanol–water partition coefficient (Wildman–Crippen LogP) is 5.62. The molecular formula is C26H23N3O2. The fourth-order valence-corrected chi connectivity index (χ4v) is 4.26. The van der Waals surface area contributed by atoms with Crippen molar-refractivity contribution in [3.8, 4) is 11.4 Å². The molecule has 1 aliphatic rings. The van der Waals surface area contributed by atoms with Gasteiger partial charge in [0, 0.05) is 11.9 Å². The topological polar surface area (TPSA) is 46.5 Å². The molecule has 5 rings (SSSR count). The molecule has 31 heavy (non-hydrogen) atoms. The quantitative estimate of drug-likeness (QED) is 0.477. The minimum absolute atomic E-state index is 0.178. The van der Waals surface area contributed by atoms with Crippen molar-refractivity contribution in [3.05, 3.63) is 114 Å². The number of urea groups is 1. The van der Waals surface area contributed by atoms with Crippen LogP contribution in [0, 0.1) is 0 Å². The van der Waals surface area contributed by atoms with E-state index >= 15 is 0 Å². The highest BCUT2D eigenvalue weighted by Gasteiger charge is 2.33. The van der Waals surface area contributed by atoms with Crippen molar-refractivity contribution in [1.82, 2.24) is 9.47 Å². The highest BCUT2D eigenvalue weighted by atomic mass is 16.5. The van der Waals surface area contributed by atoms with Gasteiger partial charge in [-0.25, -0.2) is 4.79 Å². The lowest BCUT2D eigenvalue weighted by Gasteiger charge is -2.31. The van der Waals surface area contributed by atoms with Gasteiger partial charge in [-0.2, -0.15) is 0 Å². The summed E-state index contributed by atoms with van der Waals surface area (Å²) in [7, 11) is 1.60. The Morgan fingerprint density at radius 2 is 1.65 bits per heavy atom. The van der Waals surface area contributed by atoms with Crippen LogP contribution in [-0.4, -0.2) is 22.6 Å². The Labute approximate surface area is 181 Å². The van der Waals surface area contributed by atoms with E-state index < -0.39 is 0 Å². The monoisotopic (exact) mass is 409 g/mol. The summed E-state index contributed by atoms with van der Waals surface area (Å²) in [6.07, 6.45) is 2.06. The van der Waals surface area contributed by atoms with Crippen LogP contribution >= 0.6 is 0 Å². The third kappa shape index (κ3) is 3.44. The van der Waals surface area contributed by atoms with Gasteiger partial charge in [-0.05, 0) is 41.5 Å². The largest absolute Gasteiger partial charge is 0.495 e. The summed E-state index contributed by atoms with van der Waals surface area (Å²) >= 11 is 0. The van der Waals surface area contributed by atoms with E-state index in [1.165, 1.54) is 0 Å². The molecule has 0 saturated heterocycles. The first-order valence-electron chi connectivity index (χ1n) is 10.3. The fourth-order valence-electron chi connectivity index (χ4n) is 4.26. The van der Waals surface area contributed by atoms with Crippen molar-refractivity contribution < 1.29 is 9.53 Å². The van der Waals surface area contributed by atoms with Gasteiger partial charge in [0.05, 0.1) is 31.1 Å². The number of para-hydroxylation sites is 3. The van der Waals surface area contributed by atoms with E-state index in [2.05, 4.69) is 46.4 Å². The number of rotatable bonds is 3. The van der Waals surface area contributed by atoms with E-state index in [1.807, 2.05) is 65.6 Å². The van der Waals surface area contributed by atoms with Gasteiger partial charge in [-0.15, -0.1) is 0 Å². The highest BCUT2D eigenvalue weighted by molar-refractivity contribution is 5.91. The Balaban J connectivity index is 1.62. The number of nitrogens with one attached hydrogen (secondary N) is 1. The van der Waals surface area contributed by atoms with Gasteiger partial charge >= 0.3 is 6.03 Å². The third-order valence-corrected chi connectivity index (χ3v) is 5.69. The van der Waals surface area contributed by atoms with Crippen LogP contribution in [0.3, 0.4) is 0 Å². The molecule has 5 heteroatoms. The number of fused-ring (bicyclic) bond motifs is 3. The minimum atomic E-state index is -0.238.